The van der Waals surface area contributed by atoms with Crippen molar-refractivity contribution < 1.29 is 14.6 Å². The molecule has 1 aromatic carbocycles. The molecule has 1 aromatic rings. The van der Waals surface area contributed by atoms with Gasteiger partial charge in [0.2, 0.25) is 5.91 Å². The van der Waals surface area contributed by atoms with Crippen LogP contribution in [0.5, 0.6) is 0 Å². The average Bonchev–Trinajstić information content (AvgIpc) is 2.29. The fourth-order valence-corrected chi connectivity index (χ4v) is 2.52. The zero-order valence-electron chi connectivity index (χ0n) is 9.50. The fourth-order valence-electron chi connectivity index (χ4n) is 2.00. The molecular weight excluding hydrogens is 286 g/mol. The van der Waals surface area contributed by atoms with Crippen LogP contribution in [0.3, 0.4) is 0 Å². The van der Waals surface area contributed by atoms with E-state index in [-0.39, 0.29) is 12.5 Å². The van der Waals surface area contributed by atoms with Gasteiger partial charge in [-0.25, -0.2) is 0 Å². The van der Waals surface area contributed by atoms with Crippen LogP contribution in [-0.2, 0) is 16.0 Å². The Morgan fingerprint density at radius 3 is 3.00 bits per heavy atom. The first kappa shape index (κ1) is 12.5. The standard InChI is InChI=1S/C12H14BrNO3/c1-17-6-10(15)9-5-8(13)4-7-2-3-11(16)14-12(7)9/h4-5,10,15H,2-3,6H2,1H3,(H,14,16). The molecule has 1 heterocycles. The third-order valence-electron chi connectivity index (χ3n) is 2.78. The molecular formula is C12H14BrNO3. The minimum Gasteiger partial charge on any atom is -0.386 e. The number of halogens is 1. The van der Waals surface area contributed by atoms with Gasteiger partial charge in [0.25, 0.3) is 0 Å². The van der Waals surface area contributed by atoms with Crippen LogP contribution < -0.4 is 5.32 Å². The van der Waals surface area contributed by atoms with Crippen LogP contribution in [0.1, 0.15) is 23.7 Å². The normalized spacial score (nSPS) is 16.3. The monoisotopic (exact) mass is 299 g/mol. The summed E-state index contributed by atoms with van der Waals surface area (Å²) in [5.74, 6) is -0.00862. The number of aliphatic hydroxyl groups is 1. The van der Waals surface area contributed by atoms with Gasteiger partial charge in [-0.15, -0.1) is 0 Å². The number of anilines is 1. The SMILES string of the molecule is COCC(O)c1cc(Br)cc2c1NC(=O)CC2. The van der Waals surface area contributed by atoms with Crippen molar-refractivity contribution in [1.82, 2.24) is 0 Å². The lowest BCUT2D eigenvalue weighted by molar-refractivity contribution is -0.116. The lowest BCUT2D eigenvalue weighted by Gasteiger charge is -2.23. The Bertz CT molecular complexity index is 448. The predicted octanol–water partition coefficient (Wildman–Crippen LogP) is 2.01. The molecule has 92 valence electrons. The Morgan fingerprint density at radius 2 is 2.29 bits per heavy atom. The van der Waals surface area contributed by atoms with Crippen LogP contribution in [0, 0.1) is 0 Å². The fraction of sp³-hybridized carbons (Fsp3) is 0.417. The molecule has 0 saturated heterocycles. The number of aliphatic hydroxyl groups excluding tert-OH is 1. The number of nitrogens with one attached hydrogen (secondary N) is 1. The van der Waals surface area contributed by atoms with Crippen LogP contribution in [0.4, 0.5) is 5.69 Å². The van der Waals surface area contributed by atoms with Crippen molar-refractivity contribution >= 4 is 27.5 Å². The molecule has 0 radical (unpaired) electrons. The summed E-state index contributed by atoms with van der Waals surface area (Å²) in [7, 11) is 1.53. The van der Waals surface area contributed by atoms with E-state index in [0.717, 1.165) is 15.7 Å². The second-order valence-electron chi connectivity index (χ2n) is 4.05. The van der Waals surface area contributed by atoms with Gasteiger partial charge in [0.05, 0.1) is 6.61 Å². The third kappa shape index (κ3) is 2.68. The highest BCUT2D eigenvalue weighted by molar-refractivity contribution is 9.10. The summed E-state index contributed by atoms with van der Waals surface area (Å²) in [5, 5.41) is 12.8. The Balaban J connectivity index is 2.43. The molecule has 4 nitrogen and oxygen atoms in total. The quantitative estimate of drug-likeness (QED) is 0.898. The molecule has 1 aliphatic heterocycles. The molecule has 0 fully saturated rings. The van der Waals surface area contributed by atoms with Crippen molar-refractivity contribution in [2.24, 2.45) is 0 Å². The molecule has 1 unspecified atom stereocenters. The largest absolute Gasteiger partial charge is 0.386 e. The highest BCUT2D eigenvalue weighted by Crippen LogP contribution is 2.34. The van der Waals surface area contributed by atoms with Gasteiger partial charge < -0.3 is 15.2 Å². The first-order valence-corrected chi connectivity index (χ1v) is 6.20. The second-order valence-corrected chi connectivity index (χ2v) is 4.96. The van der Waals surface area contributed by atoms with Crippen LogP contribution >= 0.6 is 15.9 Å². The van der Waals surface area contributed by atoms with Crippen molar-refractivity contribution in [1.29, 1.82) is 0 Å². The van der Waals surface area contributed by atoms with Crippen molar-refractivity contribution in [2.75, 3.05) is 19.0 Å². The minimum atomic E-state index is -0.732. The lowest BCUT2D eigenvalue weighted by atomic mass is 9.96. The smallest absolute Gasteiger partial charge is 0.224 e. The van der Waals surface area contributed by atoms with Crippen LogP contribution in [0.25, 0.3) is 0 Å². The first-order chi connectivity index (χ1) is 8.11. The summed E-state index contributed by atoms with van der Waals surface area (Å²) in [6.07, 6.45) is 0.459. The molecule has 1 amide bonds. The maximum atomic E-state index is 11.4. The van der Waals surface area contributed by atoms with E-state index in [1.54, 1.807) is 0 Å². The number of hydrogen-bond acceptors (Lipinski definition) is 3. The van der Waals surface area contributed by atoms with E-state index in [2.05, 4.69) is 21.2 Å². The number of aryl methyl sites for hydroxylation is 1. The molecule has 2 N–H and O–H groups in total. The van der Waals surface area contributed by atoms with Crippen molar-refractivity contribution in [3.05, 3.63) is 27.7 Å². The van der Waals surface area contributed by atoms with Crippen molar-refractivity contribution in [3.8, 4) is 0 Å². The van der Waals surface area contributed by atoms with E-state index in [1.165, 1.54) is 7.11 Å². The Morgan fingerprint density at radius 1 is 1.53 bits per heavy atom. The van der Waals surface area contributed by atoms with Gasteiger partial charge >= 0.3 is 0 Å². The first-order valence-electron chi connectivity index (χ1n) is 5.41. The third-order valence-corrected chi connectivity index (χ3v) is 3.24. The Labute approximate surface area is 108 Å². The molecule has 5 heteroatoms. The number of amides is 1. The summed E-state index contributed by atoms with van der Waals surface area (Å²) in [4.78, 5) is 11.4. The van der Waals surface area contributed by atoms with Crippen LogP contribution in [0.15, 0.2) is 16.6 Å². The number of carbonyl (C=O) groups is 1. The highest BCUT2D eigenvalue weighted by Gasteiger charge is 2.22. The van der Waals surface area contributed by atoms with Crippen LogP contribution in [0.2, 0.25) is 0 Å². The van der Waals surface area contributed by atoms with Gasteiger partial charge in [-0.05, 0) is 24.1 Å². The van der Waals surface area contributed by atoms with E-state index in [4.69, 9.17) is 4.74 Å². The topological polar surface area (TPSA) is 58.6 Å². The molecule has 0 saturated carbocycles. The molecule has 17 heavy (non-hydrogen) atoms. The maximum Gasteiger partial charge on any atom is 0.224 e. The van der Waals surface area contributed by atoms with Gasteiger partial charge in [-0.1, -0.05) is 15.9 Å². The van der Waals surface area contributed by atoms with E-state index in [9.17, 15) is 9.90 Å². The zero-order chi connectivity index (χ0) is 12.4. The Hall–Kier alpha value is -0.910. The summed E-state index contributed by atoms with van der Waals surface area (Å²) in [6, 6.07) is 3.78. The maximum absolute atomic E-state index is 11.4. The van der Waals surface area contributed by atoms with E-state index in [0.29, 0.717) is 18.4 Å². The highest BCUT2D eigenvalue weighted by atomic mass is 79.9. The number of rotatable bonds is 3. The summed E-state index contributed by atoms with van der Waals surface area (Å²) >= 11 is 3.41. The number of ether oxygens (including phenoxy) is 1. The average molecular weight is 300 g/mol. The summed E-state index contributed by atoms with van der Waals surface area (Å²) in [5.41, 5.74) is 2.47. The van der Waals surface area contributed by atoms with Crippen LogP contribution in [-0.4, -0.2) is 24.7 Å². The summed E-state index contributed by atoms with van der Waals surface area (Å²) < 4.78 is 5.84. The van der Waals surface area contributed by atoms with E-state index < -0.39 is 6.10 Å². The predicted molar refractivity (Wildman–Crippen MR) is 67.9 cm³/mol. The van der Waals surface area contributed by atoms with Gasteiger partial charge in [-0.2, -0.15) is 0 Å². The van der Waals surface area contributed by atoms with Gasteiger partial charge in [0.15, 0.2) is 0 Å². The number of methoxy groups -OCH3 is 1. The number of benzene rings is 1. The van der Waals surface area contributed by atoms with Gasteiger partial charge in [0.1, 0.15) is 6.10 Å². The molecule has 0 aliphatic carbocycles. The molecule has 0 spiro atoms. The van der Waals surface area contributed by atoms with Crippen molar-refractivity contribution in [3.63, 3.8) is 0 Å². The van der Waals surface area contributed by atoms with Gasteiger partial charge in [0, 0.05) is 29.3 Å². The molecule has 1 aliphatic rings. The van der Waals surface area contributed by atoms with E-state index in [1.807, 2.05) is 12.1 Å². The summed E-state index contributed by atoms with van der Waals surface area (Å²) in [6.45, 7) is 0.207. The Kier molecular flexibility index (Phi) is 3.81. The molecule has 0 aromatic heterocycles. The second kappa shape index (κ2) is 5.16. The minimum absolute atomic E-state index is 0.00862. The lowest BCUT2D eigenvalue weighted by Crippen LogP contribution is -2.22. The molecule has 2 rings (SSSR count). The number of fused-ring (bicyclic) bond motifs is 1. The number of carbonyl (C=O) groups excluding carboxylic acids is 1. The van der Waals surface area contributed by atoms with Crippen molar-refractivity contribution in [2.45, 2.75) is 18.9 Å². The zero-order valence-corrected chi connectivity index (χ0v) is 11.1. The van der Waals surface area contributed by atoms with Gasteiger partial charge in [-0.3, -0.25) is 4.79 Å². The van der Waals surface area contributed by atoms with E-state index >= 15 is 0 Å². The number of hydrogen-bond donors (Lipinski definition) is 2. The molecule has 1 atom stereocenters. The molecule has 0 bridgehead atoms.